The zero-order chi connectivity index (χ0) is 19.9. The fourth-order valence-corrected chi connectivity index (χ4v) is 4.40. The van der Waals surface area contributed by atoms with Gasteiger partial charge in [0.1, 0.15) is 22.8 Å². The molecule has 2 N–H and O–H groups in total. The minimum atomic E-state index is -1.07. The number of nitrogens with zero attached hydrogens (tertiary/aromatic N) is 4. The monoisotopic (exact) mass is 431 g/mol. The summed E-state index contributed by atoms with van der Waals surface area (Å²) >= 11 is 14.1. The van der Waals surface area contributed by atoms with Gasteiger partial charge in [0.05, 0.1) is 26.0 Å². The Morgan fingerprint density at radius 2 is 1.82 bits per heavy atom. The lowest BCUT2D eigenvalue weighted by Crippen LogP contribution is -2.17. The lowest BCUT2D eigenvalue weighted by Gasteiger charge is -2.16. The Bertz CT molecular complexity index is 1150. The Morgan fingerprint density at radius 1 is 1.07 bits per heavy atom. The summed E-state index contributed by atoms with van der Waals surface area (Å²) in [6.45, 7) is 3.34. The van der Waals surface area contributed by atoms with Crippen LogP contribution in [0.15, 0.2) is 42.9 Å². The van der Waals surface area contributed by atoms with Gasteiger partial charge in [-0.1, -0.05) is 29.3 Å². The van der Waals surface area contributed by atoms with Gasteiger partial charge in [0.25, 0.3) is 0 Å². The number of thiazole rings is 1. The number of nitrogens with one attached hydrogen (secondary N) is 1. The number of halogens is 2. The molecule has 0 atom stereocenters. The molecule has 0 amide bonds. The lowest BCUT2D eigenvalue weighted by molar-refractivity contribution is 0.0737. The average Bonchev–Trinajstić information content (AvgIpc) is 3.06. The molecule has 0 aliphatic carbocycles. The number of benzene rings is 1. The molecule has 1 aromatic carbocycles. The van der Waals surface area contributed by atoms with Crippen LogP contribution in [0.4, 0.5) is 11.6 Å². The van der Waals surface area contributed by atoms with Crippen molar-refractivity contribution < 1.29 is 5.11 Å². The van der Waals surface area contributed by atoms with Crippen molar-refractivity contribution in [2.75, 3.05) is 5.32 Å². The van der Waals surface area contributed by atoms with Crippen LogP contribution in [0.2, 0.25) is 10.0 Å². The van der Waals surface area contributed by atoms with Crippen molar-refractivity contribution in [3.05, 3.63) is 58.6 Å². The molecule has 4 aromatic rings. The van der Waals surface area contributed by atoms with E-state index in [-0.39, 0.29) is 0 Å². The number of hydrogen-bond donors (Lipinski definition) is 2. The maximum Gasteiger partial charge on any atom is 0.151 e. The summed E-state index contributed by atoms with van der Waals surface area (Å²) < 4.78 is 0.844. The van der Waals surface area contributed by atoms with E-state index in [9.17, 15) is 5.11 Å². The van der Waals surface area contributed by atoms with Gasteiger partial charge in [0, 0.05) is 17.8 Å². The number of pyridine rings is 1. The molecule has 0 bridgehead atoms. The third kappa shape index (κ3) is 3.66. The van der Waals surface area contributed by atoms with Gasteiger partial charge in [-0.05, 0) is 32.0 Å². The van der Waals surface area contributed by atoms with E-state index in [0.717, 1.165) is 10.2 Å². The molecule has 0 aliphatic rings. The van der Waals surface area contributed by atoms with Crippen LogP contribution in [-0.2, 0) is 5.60 Å². The quantitative estimate of drug-likeness (QED) is 0.448. The summed E-state index contributed by atoms with van der Waals surface area (Å²) in [6.07, 6.45) is 3.07. The zero-order valence-electron chi connectivity index (χ0n) is 14.9. The summed E-state index contributed by atoms with van der Waals surface area (Å²) in [5, 5.41) is 15.1. The van der Waals surface area contributed by atoms with E-state index in [1.165, 1.54) is 17.7 Å². The Morgan fingerprint density at radius 3 is 2.54 bits per heavy atom. The molecule has 0 radical (unpaired) electrons. The van der Waals surface area contributed by atoms with Crippen LogP contribution in [0.25, 0.3) is 20.8 Å². The zero-order valence-corrected chi connectivity index (χ0v) is 17.3. The Kier molecular flexibility index (Phi) is 4.93. The van der Waals surface area contributed by atoms with Crippen LogP contribution in [0, 0.1) is 0 Å². The van der Waals surface area contributed by atoms with Crippen molar-refractivity contribution in [1.82, 2.24) is 19.9 Å². The number of fused-ring (bicyclic) bond motifs is 1. The molecule has 0 unspecified atom stereocenters. The van der Waals surface area contributed by atoms with Crippen molar-refractivity contribution in [1.29, 1.82) is 0 Å². The summed E-state index contributed by atoms with van der Waals surface area (Å²) in [5.74, 6) is 1.13. The standard InChI is InChI=1S/C19H15Cl2N5OS/c1-19(2,27)13-8-14(24-9-23-13)26-17-16-12(6-7-22-17)25-18(28-16)15-10(20)4-3-5-11(15)21/h3-9,27H,1-2H3,(H,22,23,24,26). The van der Waals surface area contributed by atoms with Crippen LogP contribution in [-0.4, -0.2) is 25.0 Å². The highest BCUT2D eigenvalue weighted by molar-refractivity contribution is 7.22. The molecule has 9 heteroatoms. The molecule has 3 aromatic heterocycles. The van der Waals surface area contributed by atoms with Gasteiger partial charge in [-0.2, -0.15) is 0 Å². The van der Waals surface area contributed by atoms with E-state index in [0.29, 0.717) is 37.9 Å². The first-order valence-electron chi connectivity index (χ1n) is 8.35. The van der Waals surface area contributed by atoms with Crippen LogP contribution in [0.1, 0.15) is 19.5 Å². The SMILES string of the molecule is CC(C)(O)c1cc(Nc2nccc3nc(-c4c(Cl)cccc4Cl)sc23)ncn1. The topological polar surface area (TPSA) is 83.8 Å². The second-order valence-electron chi connectivity index (χ2n) is 6.60. The number of aromatic nitrogens is 4. The first kappa shape index (κ1) is 19.0. The Labute approximate surface area is 175 Å². The molecule has 142 valence electrons. The third-order valence-electron chi connectivity index (χ3n) is 4.02. The molecule has 6 nitrogen and oxygen atoms in total. The molecule has 0 aliphatic heterocycles. The lowest BCUT2D eigenvalue weighted by atomic mass is 10.1. The number of anilines is 2. The second kappa shape index (κ2) is 7.25. The minimum absolute atomic E-state index is 0.505. The fourth-order valence-electron chi connectivity index (χ4n) is 2.64. The number of aliphatic hydroxyl groups is 1. The van der Waals surface area contributed by atoms with Crippen molar-refractivity contribution in [3.63, 3.8) is 0 Å². The van der Waals surface area contributed by atoms with Crippen LogP contribution < -0.4 is 5.32 Å². The average molecular weight is 432 g/mol. The van der Waals surface area contributed by atoms with E-state index in [4.69, 9.17) is 23.2 Å². The highest BCUT2D eigenvalue weighted by atomic mass is 35.5. The van der Waals surface area contributed by atoms with Gasteiger partial charge in [0.2, 0.25) is 0 Å². The third-order valence-corrected chi connectivity index (χ3v) is 5.75. The van der Waals surface area contributed by atoms with Crippen molar-refractivity contribution in [2.24, 2.45) is 0 Å². The first-order valence-corrected chi connectivity index (χ1v) is 9.92. The Balaban J connectivity index is 1.77. The van der Waals surface area contributed by atoms with E-state index in [2.05, 4.69) is 25.3 Å². The van der Waals surface area contributed by atoms with Crippen molar-refractivity contribution >= 4 is 56.4 Å². The normalized spacial score (nSPS) is 11.8. The summed E-state index contributed by atoms with van der Waals surface area (Å²) in [4.78, 5) is 17.4. The molecule has 4 rings (SSSR count). The van der Waals surface area contributed by atoms with E-state index < -0.39 is 5.60 Å². The number of rotatable bonds is 4. The fraction of sp³-hybridized carbons (Fsp3) is 0.158. The van der Waals surface area contributed by atoms with Gasteiger partial charge in [-0.3, -0.25) is 0 Å². The smallest absolute Gasteiger partial charge is 0.151 e. The highest BCUT2D eigenvalue weighted by Gasteiger charge is 2.19. The van der Waals surface area contributed by atoms with Gasteiger partial charge < -0.3 is 10.4 Å². The van der Waals surface area contributed by atoms with E-state index in [1.807, 2.05) is 6.07 Å². The second-order valence-corrected chi connectivity index (χ2v) is 8.41. The van der Waals surface area contributed by atoms with Crippen molar-refractivity contribution in [3.8, 4) is 10.6 Å². The highest BCUT2D eigenvalue weighted by Crippen LogP contribution is 2.40. The molecular formula is C19H15Cl2N5OS. The van der Waals surface area contributed by atoms with Gasteiger partial charge in [-0.25, -0.2) is 19.9 Å². The molecule has 0 fully saturated rings. The molecule has 0 spiro atoms. The van der Waals surface area contributed by atoms with Crippen molar-refractivity contribution in [2.45, 2.75) is 19.4 Å². The van der Waals surface area contributed by atoms with Gasteiger partial charge >= 0.3 is 0 Å². The summed E-state index contributed by atoms with van der Waals surface area (Å²) in [6, 6.07) is 8.88. The molecule has 3 heterocycles. The minimum Gasteiger partial charge on any atom is -0.384 e. The maximum atomic E-state index is 10.2. The predicted molar refractivity (Wildman–Crippen MR) is 113 cm³/mol. The van der Waals surface area contributed by atoms with Crippen LogP contribution in [0.5, 0.6) is 0 Å². The Hall–Kier alpha value is -2.32. The summed E-state index contributed by atoms with van der Waals surface area (Å²) in [5.41, 5.74) is 0.900. The first-order chi connectivity index (χ1) is 13.3. The van der Waals surface area contributed by atoms with Gasteiger partial charge in [0.15, 0.2) is 5.82 Å². The predicted octanol–water partition coefficient (Wildman–Crippen LogP) is 5.43. The number of hydrogen-bond acceptors (Lipinski definition) is 7. The van der Waals surface area contributed by atoms with Crippen LogP contribution >= 0.6 is 34.5 Å². The maximum absolute atomic E-state index is 10.2. The summed E-state index contributed by atoms with van der Waals surface area (Å²) in [7, 11) is 0. The van der Waals surface area contributed by atoms with Gasteiger partial charge in [-0.15, -0.1) is 11.3 Å². The van der Waals surface area contributed by atoms with E-state index >= 15 is 0 Å². The molecular weight excluding hydrogens is 417 g/mol. The van der Waals surface area contributed by atoms with Crippen LogP contribution in [0.3, 0.4) is 0 Å². The largest absolute Gasteiger partial charge is 0.384 e. The molecule has 0 saturated carbocycles. The molecule has 28 heavy (non-hydrogen) atoms. The van der Waals surface area contributed by atoms with E-state index in [1.54, 1.807) is 44.3 Å². The molecule has 0 saturated heterocycles.